The number of ether oxygens (including phenoxy) is 2. The molecule has 0 spiro atoms. The Bertz CT molecular complexity index is 693. The highest BCUT2D eigenvalue weighted by Gasteiger charge is 2.28. The standard InChI is InChI=1S/C19H30N2O4S/c1-24-17-7-8-19(18(13-17)25-2)26(22,23)20-14-15-9-11-21(12-10-15)16-5-3-4-6-16/h7-8,13,15-16,20H,3-6,9-12,14H2,1-2H3. The Morgan fingerprint density at radius 2 is 1.77 bits per heavy atom. The van der Waals surface area contributed by atoms with E-state index in [1.54, 1.807) is 19.2 Å². The molecule has 0 aromatic heterocycles. The summed E-state index contributed by atoms with van der Waals surface area (Å²) in [4.78, 5) is 2.76. The third-order valence-corrected chi connectivity index (χ3v) is 7.18. The monoisotopic (exact) mass is 382 g/mol. The minimum Gasteiger partial charge on any atom is -0.497 e. The fourth-order valence-electron chi connectivity index (χ4n) is 4.09. The summed E-state index contributed by atoms with van der Waals surface area (Å²) in [6, 6.07) is 5.52. The van der Waals surface area contributed by atoms with Gasteiger partial charge in [0.25, 0.3) is 0 Å². The van der Waals surface area contributed by atoms with Crippen molar-refractivity contribution in [3.63, 3.8) is 0 Å². The van der Waals surface area contributed by atoms with Gasteiger partial charge in [-0.2, -0.15) is 0 Å². The molecule has 3 rings (SSSR count). The summed E-state index contributed by atoms with van der Waals surface area (Å²) >= 11 is 0. The van der Waals surface area contributed by atoms with Crippen molar-refractivity contribution in [2.24, 2.45) is 5.92 Å². The zero-order valence-corrected chi connectivity index (χ0v) is 16.6. The molecule has 1 aromatic carbocycles. The van der Waals surface area contributed by atoms with Crippen LogP contribution >= 0.6 is 0 Å². The van der Waals surface area contributed by atoms with Crippen molar-refractivity contribution in [2.75, 3.05) is 33.9 Å². The first-order valence-electron chi connectivity index (χ1n) is 9.49. The van der Waals surface area contributed by atoms with Crippen LogP contribution in [0.2, 0.25) is 0 Å². The molecule has 0 radical (unpaired) electrons. The van der Waals surface area contributed by atoms with Gasteiger partial charge < -0.3 is 14.4 Å². The predicted molar refractivity (Wildman–Crippen MR) is 101 cm³/mol. The number of likely N-dealkylation sites (tertiary alicyclic amines) is 1. The van der Waals surface area contributed by atoms with Crippen molar-refractivity contribution >= 4 is 10.0 Å². The van der Waals surface area contributed by atoms with Crippen LogP contribution in [0.1, 0.15) is 38.5 Å². The molecular weight excluding hydrogens is 352 g/mol. The van der Waals surface area contributed by atoms with Crippen LogP contribution in [0.25, 0.3) is 0 Å². The maximum absolute atomic E-state index is 12.7. The summed E-state index contributed by atoms with van der Waals surface area (Å²) in [5.74, 6) is 1.26. The lowest BCUT2D eigenvalue weighted by atomic mass is 9.96. The number of sulfonamides is 1. The molecule has 1 saturated heterocycles. The lowest BCUT2D eigenvalue weighted by molar-refractivity contribution is 0.135. The van der Waals surface area contributed by atoms with Crippen LogP contribution in [0, 0.1) is 5.92 Å². The highest BCUT2D eigenvalue weighted by atomic mass is 32.2. The van der Waals surface area contributed by atoms with Gasteiger partial charge in [-0.1, -0.05) is 12.8 Å². The Morgan fingerprint density at radius 3 is 2.38 bits per heavy atom. The van der Waals surface area contributed by atoms with Gasteiger partial charge in [-0.05, 0) is 56.8 Å². The number of nitrogens with one attached hydrogen (secondary N) is 1. The molecule has 2 fully saturated rings. The first kappa shape index (κ1) is 19.5. The molecular formula is C19H30N2O4S. The molecule has 1 aliphatic heterocycles. The zero-order valence-electron chi connectivity index (χ0n) is 15.7. The van der Waals surface area contributed by atoms with E-state index in [1.807, 2.05) is 0 Å². The van der Waals surface area contributed by atoms with Crippen LogP contribution in [0.15, 0.2) is 23.1 Å². The Kier molecular flexibility index (Phi) is 6.42. The largest absolute Gasteiger partial charge is 0.497 e. The van der Waals surface area contributed by atoms with E-state index >= 15 is 0 Å². The van der Waals surface area contributed by atoms with E-state index in [4.69, 9.17) is 9.47 Å². The molecule has 1 saturated carbocycles. The Labute approximate surface area is 156 Å². The van der Waals surface area contributed by atoms with Crippen molar-refractivity contribution in [3.05, 3.63) is 18.2 Å². The maximum Gasteiger partial charge on any atom is 0.244 e. The molecule has 6 nitrogen and oxygen atoms in total. The molecule has 1 N–H and O–H groups in total. The maximum atomic E-state index is 12.7. The summed E-state index contributed by atoms with van der Waals surface area (Å²) in [6.45, 7) is 2.65. The Morgan fingerprint density at radius 1 is 1.08 bits per heavy atom. The summed E-state index contributed by atoms with van der Waals surface area (Å²) in [5, 5.41) is 0. The second kappa shape index (κ2) is 8.59. The second-order valence-electron chi connectivity index (χ2n) is 7.29. The van der Waals surface area contributed by atoms with Gasteiger partial charge in [0.15, 0.2) is 0 Å². The van der Waals surface area contributed by atoms with Crippen LogP contribution < -0.4 is 14.2 Å². The molecule has 0 unspecified atom stereocenters. The number of hydrogen-bond acceptors (Lipinski definition) is 5. The van der Waals surface area contributed by atoms with Gasteiger partial charge in [0.1, 0.15) is 16.4 Å². The molecule has 7 heteroatoms. The highest BCUT2D eigenvalue weighted by molar-refractivity contribution is 7.89. The average molecular weight is 383 g/mol. The lowest BCUT2D eigenvalue weighted by Gasteiger charge is -2.36. The van der Waals surface area contributed by atoms with E-state index in [2.05, 4.69) is 9.62 Å². The minimum absolute atomic E-state index is 0.157. The van der Waals surface area contributed by atoms with Gasteiger partial charge >= 0.3 is 0 Å². The van der Waals surface area contributed by atoms with E-state index in [-0.39, 0.29) is 4.90 Å². The van der Waals surface area contributed by atoms with E-state index in [0.717, 1.165) is 32.0 Å². The summed E-state index contributed by atoms with van der Waals surface area (Å²) < 4.78 is 38.5. The summed E-state index contributed by atoms with van der Waals surface area (Å²) in [6.07, 6.45) is 7.48. The number of benzene rings is 1. The molecule has 1 heterocycles. The highest BCUT2D eigenvalue weighted by Crippen LogP contribution is 2.30. The van der Waals surface area contributed by atoms with Crippen LogP contribution in [0.3, 0.4) is 0 Å². The van der Waals surface area contributed by atoms with Gasteiger partial charge in [-0.25, -0.2) is 13.1 Å². The van der Waals surface area contributed by atoms with Crippen molar-refractivity contribution in [3.8, 4) is 11.5 Å². The van der Waals surface area contributed by atoms with Crippen LogP contribution in [-0.4, -0.2) is 53.2 Å². The zero-order chi connectivity index (χ0) is 18.6. The predicted octanol–water partition coefficient (Wildman–Crippen LogP) is 2.64. The molecule has 0 amide bonds. The first-order valence-corrected chi connectivity index (χ1v) is 11.0. The molecule has 2 aliphatic rings. The minimum atomic E-state index is -3.60. The van der Waals surface area contributed by atoms with Gasteiger partial charge in [-0.3, -0.25) is 0 Å². The average Bonchev–Trinajstić information content (AvgIpc) is 3.21. The normalized spacial score (nSPS) is 20.4. The number of rotatable bonds is 7. The Hall–Kier alpha value is -1.31. The second-order valence-corrected chi connectivity index (χ2v) is 9.02. The van der Waals surface area contributed by atoms with Gasteiger partial charge in [0, 0.05) is 18.7 Å². The molecule has 1 aromatic rings. The number of methoxy groups -OCH3 is 2. The molecule has 26 heavy (non-hydrogen) atoms. The fourth-order valence-corrected chi connectivity index (χ4v) is 5.36. The van der Waals surface area contributed by atoms with Crippen molar-refractivity contribution < 1.29 is 17.9 Å². The van der Waals surface area contributed by atoms with Crippen LogP contribution in [0.4, 0.5) is 0 Å². The molecule has 0 atom stereocenters. The van der Waals surface area contributed by atoms with Crippen molar-refractivity contribution in [2.45, 2.75) is 49.5 Å². The molecule has 1 aliphatic carbocycles. The van der Waals surface area contributed by atoms with Crippen LogP contribution in [0.5, 0.6) is 11.5 Å². The van der Waals surface area contributed by atoms with E-state index in [9.17, 15) is 8.42 Å². The van der Waals surface area contributed by atoms with Crippen molar-refractivity contribution in [1.82, 2.24) is 9.62 Å². The SMILES string of the molecule is COc1ccc(S(=O)(=O)NCC2CCN(C3CCCC3)CC2)c(OC)c1. The fraction of sp³-hybridized carbons (Fsp3) is 0.684. The number of hydrogen-bond donors (Lipinski definition) is 1. The quantitative estimate of drug-likeness (QED) is 0.785. The Balaban J connectivity index is 1.55. The van der Waals surface area contributed by atoms with E-state index < -0.39 is 10.0 Å². The molecule has 0 bridgehead atoms. The smallest absolute Gasteiger partial charge is 0.244 e. The first-order chi connectivity index (χ1) is 12.5. The van der Waals surface area contributed by atoms with Crippen molar-refractivity contribution in [1.29, 1.82) is 0 Å². The van der Waals surface area contributed by atoms with Gasteiger partial charge in [-0.15, -0.1) is 0 Å². The van der Waals surface area contributed by atoms with Gasteiger partial charge in [0.2, 0.25) is 10.0 Å². The van der Waals surface area contributed by atoms with E-state index in [0.29, 0.717) is 24.0 Å². The number of nitrogens with zero attached hydrogens (tertiary/aromatic N) is 1. The summed E-state index contributed by atoms with van der Waals surface area (Å²) in [7, 11) is -0.595. The van der Waals surface area contributed by atoms with Crippen LogP contribution in [-0.2, 0) is 10.0 Å². The summed E-state index contributed by atoms with van der Waals surface area (Å²) in [5.41, 5.74) is 0. The lowest BCUT2D eigenvalue weighted by Crippen LogP contribution is -2.42. The topological polar surface area (TPSA) is 67.9 Å². The third-order valence-electron chi connectivity index (χ3n) is 5.71. The number of piperidine rings is 1. The van der Waals surface area contributed by atoms with Gasteiger partial charge in [0.05, 0.1) is 14.2 Å². The third kappa shape index (κ3) is 4.50. The molecule has 146 valence electrons. The van der Waals surface area contributed by atoms with E-state index in [1.165, 1.54) is 38.9 Å².